The Hall–Kier alpha value is -1.90. The van der Waals surface area contributed by atoms with E-state index in [9.17, 15) is 0 Å². The van der Waals surface area contributed by atoms with E-state index in [0.717, 1.165) is 41.4 Å². The van der Waals surface area contributed by atoms with Gasteiger partial charge in [-0.25, -0.2) is 9.97 Å². The zero-order valence-electron chi connectivity index (χ0n) is 13.7. The van der Waals surface area contributed by atoms with Gasteiger partial charge in [-0.15, -0.1) is 0 Å². The largest absolute Gasteiger partial charge is 0.370 e. The molecule has 0 bridgehead atoms. The standard InChI is InChI=1S/C18H25N3/c1-6-16-20-17(13(5)18(21-16)19-7-2)15-10-8-14(9-11-15)12(3)4/h8-12H,6-7H2,1-5H3,(H,19,20,21). The Balaban J connectivity index is 2.48. The molecule has 3 nitrogen and oxygen atoms in total. The lowest BCUT2D eigenvalue weighted by atomic mass is 9.99. The van der Waals surface area contributed by atoms with Crippen LogP contribution in [0, 0.1) is 6.92 Å². The van der Waals surface area contributed by atoms with Crippen LogP contribution in [0.4, 0.5) is 5.82 Å². The van der Waals surface area contributed by atoms with Gasteiger partial charge in [-0.3, -0.25) is 0 Å². The van der Waals surface area contributed by atoms with Gasteiger partial charge in [0, 0.05) is 24.1 Å². The Bertz CT molecular complexity index is 601. The van der Waals surface area contributed by atoms with Crippen LogP contribution in [0.25, 0.3) is 11.3 Å². The molecule has 0 aliphatic carbocycles. The second-order valence-electron chi connectivity index (χ2n) is 5.62. The fraction of sp³-hybridized carbons (Fsp3) is 0.444. The molecule has 1 aromatic carbocycles. The van der Waals surface area contributed by atoms with Crippen molar-refractivity contribution in [1.29, 1.82) is 0 Å². The topological polar surface area (TPSA) is 37.8 Å². The lowest BCUT2D eigenvalue weighted by Gasteiger charge is -2.14. The summed E-state index contributed by atoms with van der Waals surface area (Å²) in [4.78, 5) is 9.32. The SMILES string of the molecule is CCNc1nc(CC)nc(-c2ccc(C(C)C)cc2)c1C. The molecule has 0 atom stereocenters. The van der Waals surface area contributed by atoms with Gasteiger partial charge in [0.25, 0.3) is 0 Å². The zero-order chi connectivity index (χ0) is 15.4. The average Bonchev–Trinajstić information content (AvgIpc) is 2.49. The van der Waals surface area contributed by atoms with Crippen molar-refractivity contribution in [3.8, 4) is 11.3 Å². The number of nitrogens with one attached hydrogen (secondary N) is 1. The van der Waals surface area contributed by atoms with Crippen LogP contribution in [0.15, 0.2) is 24.3 Å². The van der Waals surface area contributed by atoms with Gasteiger partial charge in [0.1, 0.15) is 11.6 Å². The highest BCUT2D eigenvalue weighted by atomic mass is 15.0. The predicted molar refractivity (Wildman–Crippen MR) is 89.8 cm³/mol. The Kier molecular flexibility index (Phi) is 4.94. The molecular formula is C18H25N3. The number of benzene rings is 1. The fourth-order valence-electron chi connectivity index (χ4n) is 2.37. The zero-order valence-corrected chi connectivity index (χ0v) is 13.7. The summed E-state index contributed by atoms with van der Waals surface area (Å²) in [6, 6.07) is 8.72. The summed E-state index contributed by atoms with van der Waals surface area (Å²) in [6.07, 6.45) is 0.843. The van der Waals surface area contributed by atoms with Crippen molar-refractivity contribution in [2.24, 2.45) is 0 Å². The van der Waals surface area contributed by atoms with E-state index >= 15 is 0 Å². The highest BCUT2D eigenvalue weighted by Crippen LogP contribution is 2.27. The molecule has 2 aromatic rings. The molecule has 0 amide bonds. The van der Waals surface area contributed by atoms with E-state index < -0.39 is 0 Å². The molecule has 0 saturated carbocycles. The Morgan fingerprint density at radius 1 is 1.05 bits per heavy atom. The van der Waals surface area contributed by atoms with Crippen molar-refractivity contribution >= 4 is 5.82 Å². The normalized spacial score (nSPS) is 11.0. The fourth-order valence-corrected chi connectivity index (χ4v) is 2.37. The predicted octanol–water partition coefficient (Wildman–Crippen LogP) is 4.57. The highest BCUT2D eigenvalue weighted by molar-refractivity contribution is 5.68. The van der Waals surface area contributed by atoms with E-state index in [1.165, 1.54) is 5.56 Å². The lowest BCUT2D eigenvalue weighted by Crippen LogP contribution is -2.07. The van der Waals surface area contributed by atoms with E-state index in [1.54, 1.807) is 0 Å². The van der Waals surface area contributed by atoms with Crippen LogP contribution in [0.5, 0.6) is 0 Å². The van der Waals surface area contributed by atoms with Gasteiger partial charge in [0.15, 0.2) is 0 Å². The van der Waals surface area contributed by atoms with Crippen LogP contribution >= 0.6 is 0 Å². The van der Waals surface area contributed by atoms with Gasteiger partial charge in [-0.1, -0.05) is 45.0 Å². The van der Waals surface area contributed by atoms with E-state index in [0.29, 0.717) is 5.92 Å². The van der Waals surface area contributed by atoms with Crippen molar-refractivity contribution < 1.29 is 0 Å². The molecule has 112 valence electrons. The maximum Gasteiger partial charge on any atom is 0.133 e. The molecule has 0 fully saturated rings. The van der Waals surface area contributed by atoms with Crippen LogP contribution in [0.1, 0.15) is 50.6 Å². The molecule has 0 aliphatic heterocycles. The summed E-state index contributed by atoms with van der Waals surface area (Å²) < 4.78 is 0. The molecule has 0 aliphatic rings. The Labute approximate surface area is 127 Å². The smallest absolute Gasteiger partial charge is 0.133 e. The van der Waals surface area contributed by atoms with E-state index in [1.807, 2.05) is 0 Å². The van der Waals surface area contributed by atoms with E-state index in [4.69, 9.17) is 4.98 Å². The number of aryl methyl sites for hydroxylation is 1. The van der Waals surface area contributed by atoms with Crippen LogP contribution in [-0.4, -0.2) is 16.5 Å². The quantitative estimate of drug-likeness (QED) is 0.873. The van der Waals surface area contributed by atoms with Gasteiger partial charge in [0.2, 0.25) is 0 Å². The van der Waals surface area contributed by atoms with Gasteiger partial charge in [-0.05, 0) is 25.3 Å². The molecule has 1 N–H and O–H groups in total. The summed E-state index contributed by atoms with van der Waals surface area (Å²) >= 11 is 0. The first-order chi connectivity index (χ1) is 10.1. The number of aromatic nitrogens is 2. The van der Waals surface area contributed by atoms with Crippen LogP contribution in [-0.2, 0) is 6.42 Å². The summed E-state index contributed by atoms with van der Waals surface area (Å²) in [5.41, 5.74) is 4.67. The Morgan fingerprint density at radius 3 is 2.24 bits per heavy atom. The third-order valence-corrected chi connectivity index (χ3v) is 3.70. The molecule has 0 saturated heterocycles. The third-order valence-electron chi connectivity index (χ3n) is 3.70. The first-order valence-electron chi connectivity index (χ1n) is 7.78. The molecule has 0 unspecified atom stereocenters. The van der Waals surface area contributed by atoms with E-state index in [-0.39, 0.29) is 0 Å². The molecular weight excluding hydrogens is 258 g/mol. The van der Waals surface area contributed by atoms with Crippen molar-refractivity contribution in [3.63, 3.8) is 0 Å². The molecule has 3 heteroatoms. The van der Waals surface area contributed by atoms with Gasteiger partial charge >= 0.3 is 0 Å². The van der Waals surface area contributed by atoms with Gasteiger partial charge in [-0.2, -0.15) is 0 Å². The average molecular weight is 283 g/mol. The number of rotatable bonds is 5. The van der Waals surface area contributed by atoms with Crippen molar-refractivity contribution in [2.45, 2.75) is 47.0 Å². The van der Waals surface area contributed by atoms with Crippen molar-refractivity contribution in [1.82, 2.24) is 9.97 Å². The molecule has 2 rings (SSSR count). The number of anilines is 1. The van der Waals surface area contributed by atoms with Crippen molar-refractivity contribution in [3.05, 3.63) is 41.2 Å². The molecule has 0 radical (unpaired) electrons. The maximum atomic E-state index is 4.73. The maximum absolute atomic E-state index is 4.73. The highest BCUT2D eigenvalue weighted by Gasteiger charge is 2.12. The lowest BCUT2D eigenvalue weighted by molar-refractivity contribution is 0.866. The second kappa shape index (κ2) is 6.70. The summed E-state index contributed by atoms with van der Waals surface area (Å²) in [5.74, 6) is 2.39. The van der Waals surface area contributed by atoms with Crippen LogP contribution in [0.2, 0.25) is 0 Å². The van der Waals surface area contributed by atoms with Gasteiger partial charge < -0.3 is 5.32 Å². The number of hydrogen-bond acceptors (Lipinski definition) is 3. The second-order valence-corrected chi connectivity index (χ2v) is 5.62. The first-order valence-corrected chi connectivity index (χ1v) is 7.78. The monoisotopic (exact) mass is 283 g/mol. The van der Waals surface area contributed by atoms with Crippen LogP contribution < -0.4 is 5.32 Å². The summed E-state index contributed by atoms with van der Waals surface area (Å²) in [7, 11) is 0. The Morgan fingerprint density at radius 2 is 1.71 bits per heavy atom. The van der Waals surface area contributed by atoms with Crippen molar-refractivity contribution in [2.75, 3.05) is 11.9 Å². The minimum Gasteiger partial charge on any atom is -0.370 e. The minimum absolute atomic E-state index is 0.550. The first kappa shape index (κ1) is 15.5. The molecule has 1 heterocycles. The third kappa shape index (κ3) is 3.41. The van der Waals surface area contributed by atoms with Gasteiger partial charge in [0.05, 0.1) is 5.69 Å². The molecule has 0 spiro atoms. The summed E-state index contributed by atoms with van der Waals surface area (Å²) in [6.45, 7) is 11.6. The number of nitrogens with zero attached hydrogens (tertiary/aromatic N) is 2. The molecule has 1 aromatic heterocycles. The summed E-state index contributed by atoms with van der Waals surface area (Å²) in [5, 5.41) is 3.34. The van der Waals surface area contributed by atoms with Crippen LogP contribution in [0.3, 0.4) is 0 Å². The minimum atomic E-state index is 0.550. The van der Waals surface area contributed by atoms with E-state index in [2.05, 4.69) is 69.2 Å². The molecule has 21 heavy (non-hydrogen) atoms. The number of hydrogen-bond donors (Lipinski definition) is 1.